The summed E-state index contributed by atoms with van der Waals surface area (Å²) < 4.78 is 5.60. The van der Waals surface area contributed by atoms with Crippen molar-refractivity contribution < 1.29 is 9.21 Å². The lowest BCUT2D eigenvalue weighted by Crippen LogP contribution is -2.50. The highest BCUT2D eigenvalue weighted by Crippen LogP contribution is 2.30. The lowest BCUT2D eigenvalue weighted by Gasteiger charge is -2.32. The van der Waals surface area contributed by atoms with Gasteiger partial charge in [0.1, 0.15) is 5.54 Å². The van der Waals surface area contributed by atoms with Crippen LogP contribution in [0.5, 0.6) is 0 Å². The highest BCUT2D eigenvalue weighted by atomic mass is 32.2. The molecule has 1 amide bonds. The maximum atomic E-state index is 12.4. The largest absolute Gasteiger partial charge is 0.410 e. The summed E-state index contributed by atoms with van der Waals surface area (Å²) in [5, 5.41) is 22.3. The van der Waals surface area contributed by atoms with E-state index in [2.05, 4.69) is 21.6 Å². The maximum absolute atomic E-state index is 12.4. The number of carbonyl (C=O) groups excluding carboxylic acids is 1. The number of nitriles is 1. The Morgan fingerprint density at radius 1 is 1.46 bits per heavy atom. The van der Waals surface area contributed by atoms with Crippen molar-refractivity contribution in [2.45, 2.75) is 55.0 Å². The normalized spacial score (nSPS) is 17.8. The summed E-state index contributed by atoms with van der Waals surface area (Å²) in [7, 11) is 0. The number of rotatable bonds is 5. The van der Waals surface area contributed by atoms with Crippen LogP contribution in [0.15, 0.2) is 27.2 Å². The van der Waals surface area contributed by atoms with E-state index in [1.165, 1.54) is 23.1 Å². The van der Waals surface area contributed by atoms with Crippen molar-refractivity contribution in [2.75, 3.05) is 0 Å². The Balaban J connectivity index is 1.61. The van der Waals surface area contributed by atoms with E-state index in [0.717, 1.165) is 37.0 Å². The summed E-state index contributed by atoms with van der Waals surface area (Å²) >= 11 is 2.73. The highest BCUT2D eigenvalue weighted by Gasteiger charge is 2.35. The Labute approximate surface area is 148 Å². The summed E-state index contributed by atoms with van der Waals surface area (Å²) in [6.07, 6.45) is 4.51. The van der Waals surface area contributed by atoms with Gasteiger partial charge in [0.05, 0.1) is 16.2 Å². The van der Waals surface area contributed by atoms with Crippen LogP contribution in [0.2, 0.25) is 0 Å². The Morgan fingerprint density at radius 3 is 2.92 bits per heavy atom. The molecule has 2 heterocycles. The first kappa shape index (κ1) is 17.0. The number of nitrogens with one attached hydrogen (secondary N) is 1. The summed E-state index contributed by atoms with van der Waals surface area (Å²) in [4.78, 5) is 13.3. The van der Waals surface area contributed by atoms with E-state index in [1.807, 2.05) is 17.5 Å². The van der Waals surface area contributed by atoms with Gasteiger partial charge in [-0.3, -0.25) is 4.79 Å². The fourth-order valence-corrected chi connectivity index (χ4v) is 4.05. The predicted molar refractivity (Wildman–Crippen MR) is 92.5 cm³/mol. The Hall–Kier alpha value is -1.85. The third-order valence-electron chi connectivity index (χ3n) is 4.07. The zero-order chi connectivity index (χ0) is 17.0. The van der Waals surface area contributed by atoms with E-state index in [0.29, 0.717) is 11.1 Å². The first-order chi connectivity index (χ1) is 11.6. The monoisotopic (exact) mass is 362 g/mol. The summed E-state index contributed by atoms with van der Waals surface area (Å²) in [5.41, 5.74) is -0.721. The fraction of sp³-hybridized carbons (Fsp3) is 0.500. The van der Waals surface area contributed by atoms with Crippen molar-refractivity contribution in [3.8, 4) is 16.8 Å². The third-order valence-corrected chi connectivity index (χ3v) is 5.86. The average Bonchev–Trinajstić information content (AvgIpc) is 3.26. The number of nitrogens with zero attached hydrogens (tertiary/aromatic N) is 3. The molecule has 3 rings (SSSR count). The van der Waals surface area contributed by atoms with Gasteiger partial charge in [0, 0.05) is 0 Å². The summed E-state index contributed by atoms with van der Waals surface area (Å²) in [6.45, 7) is 1.78. The smallest absolute Gasteiger partial charge is 0.277 e. The molecular weight excluding hydrogens is 344 g/mol. The maximum Gasteiger partial charge on any atom is 0.277 e. The van der Waals surface area contributed by atoms with Crippen molar-refractivity contribution in [2.24, 2.45) is 0 Å². The molecule has 24 heavy (non-hydrogen) atoms. The van der Waals surface area contributed by atoms with Gasteiger partial charge in [-0.05, 0) is 31.2 Å². The van der Waals surface area contributed by atoms with E-state index < -0.39 is 10.8 Å². The van der Waals surface area contributed by atoms with Crippen LogP contribution in [-0.2, 0) is 4.79 Å². The van der Waals surface area contributed by atoms with Gasteiger partial charge in [-0.2, -0.15) is 5.26 Å². The lowest BCUT2D eigenvalue weighted by atomic mass is 9.83. The fourth-order valence-electron chi connectivity index (χ4n) is 2.72. The number of amides is 1. The van der Waals surface area contributed by atoms with E-state index in [-0.39, 0.29) is 5.91 Å². The molecule has 2 aromatic rings. The predicted octanol–water partition coefficient (Wildman–Crippen LogP) is 3.62. The van der Waals surface area contributed by atoms with Crippen molar-refractivity contribution in [1.29, 1.82) is 5.26 Å². The molecule has 1 saturated carbocycles. The van der Waals surface area contributed by atoms with Gasteiger partial charge in [-0.25, -0.2) is 0 Å². The van der Waals surface area contributed by atoms with Gasteiger partial charge in [-0.15, -0.1) is 21.5 Å². The quantitative estimate of drug-likeness (QED) is 0.817. The Kier molecular flexibility index (Phi) is 5.21. The standard InChI is InChI=1S/C16H18N4O2S2/c1-11(13(21)18-16(10-17)7-3-2-4-8-16)24-15-20-19-14(22-15)12-6-5-9-23-12/h5-6,9,11H,2-4,7-8H2,1H3,(H,18,21)/t11-/m0/s1. The average molecular weight is 362 g/mol. The van der Waals surface area contributed by atoms with Gasteiger partial charge in [0.25, 0.3) is 11.1 Å². The van der Waals surface area contributed by atoms with Crippen LogP contribution in [0.1, 0.15) is 39.0 Å². The van der Waals surface area contributed by atoms with Crippen LogP contribution in [0.3, 0.4) is 0 Å². The Bertz CT molecular complexity index is 730. The second-order valence-corrected chi connectivity index (χ2v) is 8.09. The first-order valence-electron chi connectivity index (χ1n) is 7.89. The number of hydrogen-bond acceptors (Lipinski definition) is 7. The second-order valence-electron chi connectivity index (χ2n) is 5.85. The number of hydrogen-bond donors (Lipinski definition) is 1. The SMILES string of the molecule is C[C@H](Sc1nnc(-c2cccs2)o1)C(=O)NC1(C#N)CCCCC1. The molecule has 0 aromatic carbocycles. The molecule has 2 aromatic heterocycles. The van der Waals surface area contributed by atoms with Crippen molar-refractivity contribution in [3.05, 3.63) is 17.5 Å². The molecule has 1 atom stereocenters. The highest BCUT2D eigenvalue weighted by molar-refractivity contribution is 8.00. The number of carbonyl (C=O) groups is 1. The van der Waals surface area contributed by atoms with Gasteiger partial charge < -0.3 is 9.73 Å². The van der Waals surface area contributed by atoms with E-state index in [9.17, 15) is 10.1 Å². The van der Waals surface area contributed by atoms with Gasteiger partial charge in [0.15, 0.2) is 0 Å². The minimum Gasteiger partial charge on any atom is -0.410 e. The van der Waals surface area contributed by atoms with Crippen LogP contribution in [0, 0.1) is 11.3 Å². The molecule has 0 radical (unpaired) electrons. The topological polar surface area (TPSA) is 91.8 Å². The lowest BCUT2D eigenvalue weighted by molar-refractivity contribution is -0.122. The molecule has 0 saturated heterocycles. The molecule has 126 valence electrons. The minimum absolute atomic E-state index is 0.167. The zero-order valence-corrected chi connectivity index (χ0v) is 15.0. The van der Waals surface area contributed by atoms with Crippen LogP contribution in [0.4, 0.5) is 0 Å². The molecule has 6 nitrogen and oxygen atoms in total. The van der Waals surface area contributed by atoms with Crippen molar-refractivity contribution in [3.63, 3.8) is 0 Å². The molecule has 1 N–H and O–H groups in total. The number of aromatic nitrogens is 2. The molecule has 0 spiro atoms. The van der Waals surface area contributed by atoms with Gasteiger partial charge in [-0.1, -0.05) is 37.1 Å². The molecule has 0 unspecified atom stereocenters. The van der Waals surface area contributed by atoms with Crippen LogP contribution in [-0.4, -0.2) is 26.9 Å². The zero-order valence-electron chi connectivity index (χ0n) is 13.3. The van der Waals surface area contributed by atoms with E-state index in [4.69, 9.17) is 4.42 Å². The van der Waals surface area contributed by atoms with Crippen LogP contribution in [0.25, 0.3) is 10.8 Å². The molecular formula is C16H18N4O2S2. The molecule has 1 fully saturated rings. The first-order valence-corrected chi connectivity index (χ1v) is 9.65. The van der Waals surface area contributed by atoms with Crippen LogP contribution >= 0.6 is 23.1 Å². The van der Waals surface area contributed by atoms with Crippen LogP contribution < -0.4 is 5.32 Å². The number of thioether (sulfide) groups is 1. The molecule has 1 aliphatic rings. The Morgan fingerprint density at radius 2 is 2.25 bits per heavy atom. The molecule has 0 aliphatic heterocycles. The summed E-state index contributed by atoms with van der Waals surface area (Å²) in [6, 6.07) is 6.12. The molecule has 8 heteroatoms. The molecule has 1 aliphatic carbocycles. The van der Waals surface area contributed by atoms with E-state index >= 15 is 0 Å². The van der Waals surface area contributed by atoms with Crippen molar-refractivity contribution in [1.82, 2.24) is 15.5 Å². The second kappa shape index (κ2) is 7.36. The van der Waals surface area contributed by atoms with Gasteiger partial charge in [0.2, 0.25) is 5.91 Å². The van der Waals surface area contributed by atoms with Gasteiger partial charge >= 0.3 is 0 Å². The minimum atomic E-state index is -0.721. The van der Waals surface area contributed by atoms with Crippen molar-refractivity contribution >= 4 is 29.0 Å². The van der Waals surface area contributed by atoms with E-state index in [1.54, 1.807) is 6.92 Å². The number of thiophene rings is 1. The molecule has 0 bridgehead atoms. The summed E-state index contributed by atoms with van der Waals surface area (Å²) in [5.74, 6) is 0.292. The third kappa shape index (κ3) is 3.79.